The normalized spacial score (nSPS) is 12.6. The first-order valence-corrected chi connectivity index (χ1v) is 9.59. The summed E-state index contributed by atoms with van der Waals surface area (Å²) in [5.74, 6) is -0.916. The van der Waals surface area contributed by atoms with E-state index in [0.717, 1.165) is 11.1 Å². The number of hydrogen-bond acceptors (Lipinski definition) is 5. The number of carbonyl (C=O) groups excluding carboxylic acids is 3. The smallest absolute Gasteiger partial charge is 0.308 e. The number of fused-ring (bicyclic) bond motifs is 1. The maximum absolute atomic E-state index is 12.4. The zero-order valence-electron chi connectivity index (χ0n) is 16.7. The van der Waals surface area contributed by atoms with E-state index in [0.29, 0.717) is 27.7 Å². The van der Waals surface area contributed by atoms with Crippen LogP contribution >= 0.6 is 11.6 Å². The summed E-state index contributed by atoms with van der Waals surface area (Å²) in [4.78, 5) is 38.1. The third-order valence-corrected chi connectivity index (χ3v) is 5.11. The molecule has 0 aromatic heterocycles. The van der Waals surface area contributed by atoms with E-state index in [2.05, 4.69) is 11.9 Å². The molecule has 0 saturated carbocycles. The molecular formula is C22H21ClN2O5. The SMILES string of the molecule is C=C1c2ccccc2C(=O)N1CCC(=O)OCC(=O)Nc1cc(C)c(Cl)cc1OC. The van der Waals surface area contributed by atoms with Crippen LogP contribution in [0.3, 0.4) is 0 Å². The Morgan fingerprint density at radius 2 is 1.90 bits per heavy atom. The second-order valence-electron chi connectivity index (χ2n) is 6.71. The fourth-order valence-corrected chi connectivity index (χ4v) is 3.26. The van der Waals surface area contributed by atoms with Crippen LogP contribution in [0.15, 0.2) is 43.0 Å². The molecule has 0 aliphatic carbocycles. The van der Waals surface area contributed by atoms with Crippen molar-refractivity contribution >= 4 is 40.8 Å². The molecule has 30 heavy (non-hydrogen) atoms. The summed E-state index contributed by atoms with van der Waals surface area (Å²) in [6.45, 7) is 5.38. The van der Waals surface area contributed by atoms with Gasteiger partial charge in [0.2, 0.25) is 0 Å². The van der Waals surface area contributed by atoms with Gasteiger partial charge in [0.1, 0.15) is 5.75 Å². The average Bonchev–Trinajstić information content (AvgIpc) is 2.97. The molecule has 7 nitrogen and oxygen atoms in total. The van der Waals surface area contributed by atoms with Crippen LogP contribution in [0.5, 0.6) is 5.75 Å². The fourth-order valence-electron chi connectivity index (χ4n) is 3.11. The Bertz CT molecular complexity index is 999. The van der Waals surface area contributed by atoms with Crippen molar-refractivity contribution in [1.29, 1.82) is 0 Å². The molecule has 0 saturated heterocycles. The molecule has 0 unspecified atom stereocenters. The van der Waals surface area contributed by atoms with Gasteiger partial charge in [0, 0.05) is 34.5 Å². The lowest BCUT2D eigenvalue weighted by atomic mass is 10.1. The first-order valence-electron chi connectivity index (χ1n) is 9.21. The Kier molecular flexibility index (Phi) is 6.42. The van der Waals surface area contributed by atoms with Crippen LogP contribution in [0.1, 0.15) is 27.9 Å². The van der Waals surface area contributed by atoms with Crippen LogP contribution in [0.2, 0.25) is 5.02 Å². The number of carbonyl (C=O) groups is 3. The maximum Gasteiger partial charge on any atom is 0.308 e. The van der Waals surface area contributed by atoms with Crippen LogP contribution in [-0.2, 0) is 14.3 Å². The van der Waals surface area contributed by atoms with Crippen molar-refractivity contribution in [3.63, 3.8) is 0 Å². The minimum atomic E-state index is -0.596. The second-order valence-corrected chi connectivity index (χ2v) is 7.12. The van der Waals surface area contributed by atoms with Crippen LogP contribution in [-0.4, -0.2) is 42.9 Å². The molecule has 0 fully saturated rings. The molecule has 0 radical (unpaired) electrons. The highest BCUT2D eigenvalue weighted by molar-refractivity contribution is 6.31. The molecule has 8 heteroatoms. The predicted molar refractivity (Wildman–Crippen MR) is 113 cm³/mol. The van der Waals surface area contributed by atoms with Crippen molar-refractivity contribution in [3.8, 4) is 5.75 Å². The van der Waals surface area contributed by atoms with Crippen LogP contribution in [0.25, 0.3) is 5.70 Å². The molecule has 0 atom stereocenters. The Morgan fingerprint density at radius 1 is 1.20 bits per heavy atom. The Labute approximate surface area is 179 Å². The number of halogens is 1. The fraction of sp³-hybridized carbons (Fsp3) is 0.227. The first kappa shape index (κ1) is 21.4. The van der Waals surface area contributed by atoms with E-state index < -0.39 is 18.5 Å². The molecule has 156 valence electrons. The van der Waals surface area contributed by atoms with Gasteiger partial charge in [0.15, 0.2) is 6.61 Å². The average molecular weight is 429 g/mol. The lowest BCUT2D eigenvalue weighted by Gasteiger charge is -2.17. The van der Waals surface area contributed by atoms with E-state index in [1.165, 1.54) is 12.0 Å². The third-order valence-electron chi connectivity index (χ3n) is 4.70. The summed E-state index contributed by atoms with van der Waals surface area (Å²) in [7, 11) is 1.46. The quantitative estimate of drug-likeness (QED) is 0.680. The van der Waals surface area contributed by atoms with Gasteiger partial charge in [-0.15, -0.1) is 0 Å². The predicted octanol–water partition coefficient (Wildman–Crippen LogP) is 3.66. The number of ether oxygens (including phenoxy) is 2. The second kappa shape index (κ2) is 9.00. The molecule has 0 spiro atoms. The monoisotopic (exact) mass is 428 g/mol. The lowest BCUT2D eigenvalue weighted by Crippen LogP contribution is -2.27. The molecule has 1 aliphatic heterocycles. The van der Waals surface area contributed by atoms with Crippen molar-refractivity contribution in [2.75, 3.05) is 25.6 Å². The van der Waals surface area contributed by atoms with E-state index in [9.17, 15) is 14.4 Å². The van der Waals surface area contributed by atoms with E-state index >= 15 is 0 Å². The number of amides is 2. The Morgan fingerprint density at radius 3 is 2.57 bits per heavy atom. The van der Waals surface area contributed by atoms with Crippen LogP contribution < -0.4 is 10.1 Å². The molecular weight excluding hydrogens is 408 g/mol. The first-order chi connectivity index (χ1) is 14.3. The summed E-state index contributed by atoms with van der Waals surface area (Å²) < 4.78 is 10.2. The molecule has 1 heterocycles. The standard InChI is InChI=1S/C22H21ClN2O5/c1-13-10-18(19(29-3)11-17(13)23)24-20(26)12-30-21(27)8-9-25-14(2)15-6-4-5-7-16(15)22(25)28/h4-7,10-11H,2,8-9,12H2,1,3H3,(H,24,26). The van der Waals surface area contributed by atoms with E-state index in [-0.39, 0.29) is 18.9 Å². The zero-order valence-corrected chi connectivity index (χ0v) is 17.4. The van der Waals surface area contributed by atoms with Gasteiger partial charge >= 0.3 is 5.97 Å². The lowest BCUT2D eigenvalue weighted by molar-refractivity contribution is -0.147. The highest BCUT2D eigenvalue weighted by Crippen LogP contribution is 2.32. The van der Waals surface area contributed by atoms with Gasteiger partial charge in [-0.05, 0) is 24.6 Å². The minimum absolute atomic E-state index is 0.0601. The van der Waals surface area contributed by atoms with E-state index in [4.69, 9.17) is 21.1 Å². The summed E-state index contributed by atoms with van der Waals surface area (Å²) in [6, 6.07) is 10.4. The van der Waals surface area contributed by atoms with Crippen molar-refractivity contribution in [2.45, 2.75) is 13.3 Å². The van der Waals surface area contributed by atoms with Crippen LogP contribution in [0.4, 0.5) is 5.69 Å². The van der Waals surface area contributed by atoms with Gasteiger partial charge in [0.05, 0.1) is 19.2 Å². The highest BCUT2D eigenvalue weighted by Gasteiger charge is 2.30. The van der Waals surface area contributed by atoms with Gasteiger partial charge in [-0.25, -0.2) is 0 Å². The minimum Gasteiger partial charge on any atom is -0.495 e. The Balaban J connectivity index is 1.50. The number of anilines is 1. The molecule has 1 aliphatic rings. The zero-order chi connectivity index (χ0) is 21.8. The van der Waals surface area contributed by atoms with Crippen molar-refractivity contribution in [1.82, 2.24) is 4.90 Å². The highest BCUT2D eigenvalue weighted by atomic mass is 35.5. The number of methoxy groups -OCH3 is 1. The molecule has 2 amide bonds. The number of rotatable bonds is 7. The van der Waals surface area contributed by atoms with Crippen LogP contribution in [0, 0.1) is 6.92 Å². The summed E-state index contributed by atoms with van der Waals surface area (Å²) in [5, 5.41) is 3.14. The van der Waals surface area contributed by atoms with Gasteiger partial charge in [0.25, 0.3) is 11.8 Å². The Hall–Kier alpha value is -3.32. The number of aryl methyl sites for hydroxylation is 1. The molecule has 1 N–H and O–H groups in total. The summed E-state index contributed by atoms with van der Waals surface area (Å²) >= 11 is 6.05. The summed E-state index contributed by atoms with van der Waals surface area (Å²) in [6.07, 6.45) is -0.0601. The van der Waals surface area contributed by atoms with Crippen molar-refractivity contribution < 1.29 is 23.9 Å². The van der Waals surface area contributed by atoms with Gasteiger partial charge in [-0.3, -0.25) is 14.4 Å². The molecule has 2 aromatic carbocycles. The number of esters is 1. The summed E-state index contributed by atoms with van der Waals surface area (Å²) in [5.41, 5.74) is 3.05. The van der Waals surface area contributed by atoms with Gasteiger partial charge in [-0.2, -0.15) is 0 Å². The largest absolute Gasteiger partial charge is 0.495 e. The van der Waals surface area contributed by atoms with Crippen molar-refractivity contribution in [2.24, 2.45) is 0 Å². The van der Waals surface area contributed by atoms with E-state index in [1.807, 2.05) is 12.1 Å². The number of hydrogen-bond donors (Lipinski definition) is 1. The third kappa shape index (κ3) is 4.46. The van der Waals surface area contributed by atoms with Crippen molar-refractivity contribution in [3.05, 3.63) is 64.7 Å². The topological polar surface area (TPSA) is 84.9 Å². The van der Waals surface area contributed by atoms with Gasteiger partial charge < -0.3 is 19.7 Å². The number of nitrogens with one attached hydrogen (secondary N) is 1. The van der Waals surface area contributed by atoms with E-state index in [1.54, 1.807) is 31.2 Å². The maximum atomic E-state index is 12.4. The molecule has 2 aromatic rings. The van der Waals surface area contributed by atoms with Gasteiger partial charge in [-0.1, -0.05) is 36.4 Å². The molecule has 0 bridgehead atoms. The number of nitrogens with zero attached hydrogens (tertiary/aromatic N) is 1. The number of benzene rings is 2. The molecule has 3 rings (SSSR count).